The van der Waals surface area contributed by atoms with Gasteiger partial charge in [-0.2, -0.15) is 30.7 Å². The van der Waals surface area contributed by atoms with Crippen LogP contribution in [0.2, 0.25) is 0 Å². The predicted octanol–water partition coefficient (Wildman–Crippen LogP) is 5.94. The van der Waals surface area contributed by atoms with Crippen LogP contribution in [0.1, 0.15) is 17.0 Å². The molecule has 0 saturated carbocycles. The van der Waals surface area contributed by atoms with E-state index in [0.717, 1.165) is 24.3 Å². The fourth-order valence-corrected chi connectivity index (χ4v) is 3.86. The molecule has 4 nitrogen and oxygen atoms in total. The summed E-state index contributed by atoms with van der Waals surface area (Å²) in [7, 11) is 0. The lowest BCUT2D eigenvalue weighted by Gasteiger charge is -2.41. The lowest BCUT2D eigenvalue weighted by atomic mass is 9.78. The van der Waals surface area contributed by atoms with Crippen LogP contribution in [0, 0.1) is 12.7 Å². The second-order valence-corrected chi connectivity index (χ2v) is 7.77. The molecule has 184 valence electrons. The number of nitrogens with zero attached hydrogens (tertiary/aromatic N) is 3. The van der Waals surface area contributed by atoms with Crippen LogP contribution in [0.5, 0.6) is 0 Å². The first-order valence-corrected chi connectivity index (χ1v) is 9.92. The van der Waals surface area contributed by atoms with E-state index in [4.69, 9.17) is 0 Å². The van der Waals surface area contributed by atoms with Gasteiger partial charge in [-0.25, -0.2) is 9.37 Å². The van der Waals surface area contributed by atoms with Crippen LogP contribution in [0.4, 0.5) is 35.1 Å². The highest BCUT2D eigenvalue weighted by Crippen LogP contribution is 2.56. The Labute approximate surface area is 192 Å². The molecule has 0 aliphatic heterocycles. The maximum absolute atomic E-state index is 15.0. The molecule has 0 saturated heterocycles. The first-order chi connectivity index (χ1) is 16.2. The Kier molecular flexibility index (Phi) is 5.62. The number of aromatic nitrogens is 3. The molecule has 0 amide bonds. The molecule has 0 radical (unpaired) electrons. The van der Waals surface area contributed by atoms with E-state index in [2.05, 4.69) is 9.97 Å². The lowest BCUT2D eigenvalue weighted by molar-refractivity contribution is -0.385. The minimum atomic E-state index is -6.69. The van der Waals surface area contributed by atoms with Crippen LogP contribution in [0.3, 0.4) is 0 Å². The largest absolute Gasteiger partial charge is 0.460 e. The van der Waals surface area contributed by atoms with Gasteiger partial charge in [0.25, 0.3) is 0 Å². The predicted molar refractivity (Wildman–Crippen MR) is 109 cm³/mol. The van der Waals surface area contributed by atoms with Gasteiger partial charge in [-0.3, -0.25) is 9.55 Å². The van der Waals surface area contributed by atoms with Crippen molar-refractivity contribution in [1.29, 1.82) is 0 Å². The highest BCUT2D eigenvalue weighted by atomic mass is 19.4. The number of alkyl halides is 7. The number of pyridine rings is 1. The van der Waals surface area contributed by atoms with Crippen molar-refractivity contribution >= 4 is 11.0 Å². The topological polar surface area (TPSA) is 50.9 Å². The summed E-state index contributed by atoms with van der Waals surface area (Å²) in [5.74, 6) is -13.2. The average Bonchev–Trinajstić information content (AvgIpc) is 3.13. The van der Waals surface area contributed by atoms with Gasteiger partial charge in [0, 0.05) is 11.9 Å². The monoisotopic (exact) mass is 501 g/mol. The molecular formula is C23H15F8N3O. The van der Waals surface area contributed by atoms with Crippen LogP contribution >= 0.6 is 0 Å². The summed E-state index contributed by atoms with van der Waals surface area (Å²) in [6.07, 6.45) is -3.74. The van der Waals surface area contributed by atoms with Crippen LogP contribution in [0.15, 0.2) is 67.0 Å². The van der Waals surface area contributed by atoms with Crippen LogP contribution < -0.4 is 0 Å². The van der Waals surface area contributed by atoms with Gasteiger partial charge in [-0.05, 0) is 48.4 Å². The van der Waals surface area contributed by atoms with E-state index in [1.54, 1.807) is 17.6 Å². The zero-order valence-corrected chi connectivity index (χ0v) is 17.7. The molecule has 1 unspecified atom stereocenters. The van der Waals surface area contributed by atoms with Crippen LogP contribution in [-0.2, 0) is 5.60 Å². The van der Waals surface area contributed by atoms with E-state index in [1.165, 1.54) is 12.4 Å². The Bertz CT molecular complexity index is 1360. The Balaban J connectivity index is 1.91. The van der Waals surface area contributed by atoms with Gasteiger partial charge >= 0.3 is 18.0 Å². The van der Waals surface area contributed by atoms with E-state index in [9.17, 15) is 31.4 Å². The number of fused-ring (bicyclic) bond motifs is 1. The quantitative estimate of drug-likeness (QED) is 0.345. The molecule has 1 N–H and O–H groups in total. The third kappa shape index (κ3) is 3.63. The van der Waals surface area contributed by atoms with Crippen LogP contribution in [-0.4, -0.2) is 37.7 Å². The highest BCUT2D eigenvalue weighted by Gasteiger charge is 2.80. The van der Waals surface area contributed by atoms with Crippen LogP contribution in [0.25, 0.3) is 16.7 Å². The molecule has 0 aliphatic rings. The Morgan fingerprint density at radius 3 is 1.86 bits per heavy atom. The molecule has 4 aromatic rings. The standard InChI is InChI=1S/C23H15F8N3O/c1-13-33-18-12-32-11-10-19(18)34(13)17-8-4-15(5-9-17)20(35,14-2-6-16(24)7-3-14)21(25,26)22(27,28)23(29,30)31/h2-12,35H,1H3. The summed E-state index contributed by atoms with van der Waals surface area (Å²) in [5.41, 5.74) is -4.84. The summed E-state index contributed by atoms with van der Waals surface area (Å²) in [6.45, 7) is 1.63. The number of hydrogen-bond donors (Lipinski definition) is 1. The number of aliphatic hydroxyl groups is 1. The van der Waals surface area contributed by atoms with E-state index in [-0.39, 0.29) is 0 Å². The third-order valence-corrected chi connectivity index (χ3v) is 5.63. The maximum Gasteiger partial charge on any atom is 0.460 e. The highest BCUT2D eigenvalue weighted by molar-refractivity contribution is 5.77. The van der Waals surface area contributed by atoms with E-state index in [1.807, 2.05) is 0 Å². The number of halogens is 8. The number of imidazole rings is 1. The van der Waals surface area contributed by atoms with Crippen molar-refractivity contribution < 1.29 is 40.2 Å². The van der Waals surface area contributed by atoms with Gasteiger partial charge in [0.2, 0.25) is 0 Å². The van der Waals surface area contributed by atoms with Crippen molar-refractivity contribution in [3.63, 3.8) is 0 Å². The third-order valence-electron chi connectivity index (χ3n) is 5.63. The summed E-state index contributed by atoms with van der Waals surface area (Å²) in [6, 6.07) is 7.67. The number of hydrogen-bond acceptors (Lipinski definition) is 3. The summed E-state index contributed by atoms with van der Waals surface area (Å²) < 4.78 is 112. The van der Waals surface area contributed by atoms with Gasteiger partial charge in [-0.15, -0.1) is 0 Å². The van der Waals surface area contributed by atoms with Crippen molar-refractivity contribution in [2.24, 2.45) is 0 Å². The molecule has 0 bridgehead atoms. The molecule has 0 aliphatic carbocycles. The Hall–Kier alpha value is -3.54. The molecule has 2 aromatic heterocycles. The average molecular weight is 501 g/mol. The van der Waals surface area contributed by atoms with E-state index in [0.29, 0.717) is 46.8 Å². The van der Waals surface area contributed by atoms with Crippen molar-refractivity contribution in [3.05, 3.63) is 89.8 Å². The summed E-state index contributed by atoms with van der Waals surface area (Å²) in [5, 5.41) is 10.9. The van der Waals surface area contributed by atoms with E-state index >= 15 is 8.78 Å². The molecule has 4 rings (SSSR count). The molecule has 12 heteroatoms. The fourth-order valence-electron chi connectivity index (χ4n) is 3.86. The molecule has 0 spiro atoms. The smallest absolute Gasteiger partial charge is 0.374 e. The SMILES string of the molecule is Cc1nc2cnccc2n1-c1ccc(C(O)(c2ccc(F)cc2)C(F)(F)C(F)(F)C(F)(F)F)cc1. The Morgan fingerprint density at radius 1 is 0.771 bits per heavy atom. The molecule has 0 fully saturated rings. The molecular weight excluding hydrogens is 486 g/mol. The minimum Gasteiger partial charge on any atom is -0.374 e. The molecule has 2 aromatic carbocycles. The van der Waals surface area contributed by atoms with Gasteiger partial charge in [0.1, 0.15) is 17.2 Å². The molecule has 35 heavy (non-hydrogen) atoms. The zero-order chi connectivity index (χ0) is 25.8. The lowest BCUT2D eigenvalue weighted by Crippen LogP contribution is -2.63. The van der Waals surface area contributed by atoms with Gasteiger partial charge in [0.05, 0.1) is 11.7 Å². The Morgan fingerprint density at radius 2 is 1.31 bits per heavy atom. The maximum atomic E-state index is 15.0. The fraction of sp³-hybridized carbons (Fsp3) is 0.217. The summed E-state index contributed by atoms with van der Waals surface area (Å²) in [4.78, 5) is 8.22. The van der Waals surface area contributed by atoms with E-state index < -0.39 is 40.6 Å². The molecule has 1 atom stereocenters. The number of rotatable bonds is 5. The first-order valence-electron chi connectivity index (χ1n) is 9.92. The van der Waals surface area contributed by atoms with Crippen molar-refractivity contribution in [1.82, 2.24) is 14.5 Å². The minimum absolute atomic E-state index is 0.298. The number of benzene rings is 2. The van der Waals surface area contributed by atoms with Crippen molar-refractivity contribution in [3.8, 4) is 5.69 Å². The second kappa shape index (κ2) is 8.01. The van der Waals surface area contributed by atoms with Crippen molar-refractivity contribution in [2.75, 3.05) is 0 Å². The molecule has 2 heterocycles. The van der Waals surface area contributed by atoms with Gasteiger partial charge in [-0.1, -0.05) is 24.3 Å². The zero-order valence-electron chi connectivity index (χ0n) is 17.7. The van der Waals surface area contributed by atoms with Crippen molar-refractivity contribution in [2.45, 2.75) is 30.5 Å². The number of aryl methyl sites for hydroxylation is 1. The normalized spacial score (nSPS) is 14.8. The summed E-state index contributed by atoms with van der Waals surface area (Å²) >= 11 is 0. The van der Waals surface area contributed by atoms with Gasteiger partial charge in [0.15, 0.2) is 5.60 Å². The van der Waals surface area contributed by atoms with Gasteiger partial charge < -0.3 is 5.11 Å². The first kappa shape index (κ1) is 24.6. The second-order valence-electron chi connectivity index (χ2n) is 7.77.